The molecule has 0 saturated carbocycles. The van der Waals surface area contributed by atoms with Crippen LogP contribution in [0.3, 0.4) is 0 Å². The summed E-state index contributed by atoms with van der Waals surface area (Å²) in [4.78, 5) is 0. The van der Waals surface area contributed by atoms with Crippen LogP contribution in [0.2, 0.25) is 0 Å². The molecule has 0 amide bonds. The molecule has 1 heteroatoms. The molecule has 1 aromatic carbocycles. The van der Waals surface area contributed by atoms with Crippen LogP contribution in [0.1, 0.15) is 68.2 Å². The van der Waals surface area contributed by atoms with Gasteiger partial charge in [-0.1, -0.05) is 39.5 Å². The fourth-order valence-electron chi connectivity index (χ4n) is 2.68. The second kappa shape index (κ2) is 7.45. The molecular formula is C17H28O. The smallest absolute Gasteiger partial charge is 0.119 e. The number of rotatable bonds is 7. The summed E-state index contributed by atoms with van der Waals surface area (Å²) >= 11 is 0. The zero-order valence-corrected chi connectivity index (χ0v) is 12.5. The number of aryl methyl sites for hydroxylation is 1. The standard InChI is InChI=1S/C17H28O/c1-5-7-8-9-10-11-16-15(6-2)14(4)13(3)12-17(16)18/h12,18H,5-11H2,1-4H3. The lowest BCUT2D eigenvalue weighted by atomic mass is 9.91. The molecule has 0 radical (unpaired) electrons. The third-order valence-electron chi connectivity index (χ3n) is 3.95. The van der Waals surface area contributed by atoms with E-state index in [1.807, 2.05) is 6.07 Å². The molecule has 0 aliphatic heterocycles. The molecular weight excluding hydrogens is 220 g/mol. The van der Waals surface area contributed by atoms with E-state index in [-0.39, 0.29) is 0 Å². The Balaban J connectivity index is 2.72. The third-order valence-corrected chi connectivity index (χ3v) is 3.95. The largest absolute Gasteiger partial charge is 0.508 e. The summed E-state index contributed by atoms with van der Waals surface area (Å²) in [5.41, 5.74) is 5.12. The lowest BCUT2D eigenvalue weighted by Gasteiger charge is -2.15. The number of benzene rings is 1. The molecule has 0 saturated heterocycles. The monoisotopic (exact) mass is 248 g/mol. The number of unbranched alkanes of at least 4 members (excludes halogenated alkanes) is 4. The van der Waals surface area contributed by atoms with E-state index in [0.29, 0.717) is 5.75 Å². The van der Waals surface area contributed by atoms with E-state index in [9.17, 15) is 5.11 Å². The van der Waals surface area contributed by atoms with Crippen molar-refractivity contribution >= 4 is 0 Å². The van der Waals surface area contributed by atoms with E-state index in [0.717, 1.165) is 12.8 Å². The van der Waals surface area contributed by atoms with Gasteiger partial charge in [0.2, 0.25) is 0 Å². The number of phenolic OH excluding ortho intramolecular Hbond substituents is 1. The minimum atomic E-state index is 0.505. The van der Waals surface area contributed by atoms with Crippen LogP contribution in [-0.2, 0) is 12.8 Å². The van der Waals surface area contributed by atoms with Crippen LogP contribution >= 0.6 is 0 Å². The van der Waals surface area contributed by atoms with E-state index in [1.54, 1.807) is 0 Å². The van der Waals surface area contributed by atoms with Gasteiger partial charge in [0, 0.05) is 0 Å². The van der Waals surface area contributed by atoms with Crippen LogP contribution in [0.4, 0.5) is 0 Å². The fourth-order valence-corrected chi connectivity index (χ4v) is 2.68. The highest BCUT2D eigenvalue weighted by Crippen LogP contribution is 2.29. The van der Waals surface area contributed by atoms with Gasteiger partial charge in [-0.05, 0) is 61.4 Å². The highest BCUT2D eigenvalue weighted by Gasteiger charge is 2.11. The highest BCUT2D eigenvalue weighted by molar-refractivity contribution is 5.48. The predicted molar refractivity (Wildman–Crippen MR) is 79.4 cm³/mol. The van der Waals surface area contributed by atoms with Crippen molar-refractivity contribution in [3.63, 3.8) is 0 Å². The van der Waals surface area contributed by atoms with Crippen molar-refractivity contribution in [3.8, 4) is 5.75 Å². The van der Waals surface area contributed by atoms with E-state index in [2.05, 4.69) is 27.7 Å². The van der Waals surface area contributed by atoms with Crippen molar-refractivity contribution in [2.45, 2.75) is 72.6 Å². The molecule has 102 valence electrons. The van der Waals surface area contributed by atoms with E-state index >= 15 is 0 Å². The second-order valence-corrected chi connectivity index (χ2v) is 5.31. The number of aromatic hydroxyl groups is 1. The normalized spacial score (nSPS) is 10.9. The van der Waals surface area contributed by atoms with E-state index in [4.69, 9.17) is 0 Å². The highest BCUT2D eigenvalue weighted by atomic mass is 16.3. The first-order valence-electron chi connectivity index (χ1n) is 7.42. The van der Waals surface area contributed by atoms with Crippen LogP contribution in [0.25, 0.3) is 0 Å². The molecule has 0 aliphatic rings. The van der Waals surface area contributed by atoms with Gasteiger partial charge in [-0.2, -0.15) is 0 Å². The molecule has 18 heavy (non-hydrogen) atoms. The Morgan fingerprint density at radius 2 is 1.61 bits per heavy atom. The van der Waals surface area contributed by atoms with Gasteiger partial charge in [0.25, 0.3) is 0 Å². The zero-order valence-electron chi connectivity index (χ0n) is 12.5. The number of phenols is 1. The van der Waals surface area contributed by atoms with Crippen molar-refractivity contribution in [1.82, 2.24) is 0 Å². The molecule has 0 bridgehead atoms. The summed E-state index contributed by atoms with van der Waals surface area (Å²) in [5.74, 6) is 0.505. The van der Waals surface area contributed by atoms with Gasteiger partial charge in [0.15, 0.2) is 0 Å². The van der Waals surface area contributed by atoms with Gasteiger partial charge in [0.1, 0.15) is 5.75 Å². The van der Waals surface area contributed by atoms with Gasteiger partial charge in [-0.3, -0.25) is 0 Å². The molecule has 0 heterocycles. The zero-order chi connectivity index (χ0) is 13.5. The quantitative estimate of drug-likeness (QED) is 0.667. The van der Waals surface area contributed by atoms with Crippen LogP contribution in [0.5, 0.6) is 5.75 Å². The SMILES string of the molecule is CCCCCCCc1c(O)cc(C)c(C)c1CC. The van der Waals surface area contributed by atoms with Crippen molar-refractivity contribution in [1.29, 1.82) is 0 Å². The lowest BCUT2D eigenvalue weighted by Crippen LogP contribution is -2.00. The van der Waals surface area contributed by atoms with E-state index in [1.165, 1.54) is 54.4 Å². The van der Waals surface area contributed by atoms with Crippen molar-refractivity contribution in [2.75, 3.05) is 0 Å². The van der Waals surface area contributed by atoms with Gasteiger partial charge >= 0.3 is 0 Å². The fraction of sp³-hybridized carbons (Fsp3) is 0.647. The maximum absolute atomic E-state index is 10.1. The molecule has 0 fully saturated rings. The van der Waals surface area contributed by atoms with Crippen LogP contribution in [-0.4, -0.2) is 5.11 Å². The summed E-state index contributed by atoms with van der Waals surface area (Å²) in [6.45, 7) is 8.68. The topological polar surface area (TPSA) is 20.2 Å². The minimum absolute atomic E-state index is 0.505. The van der Waals surface area contributed by atoms with Crippen molar-refractivity contribution in [2.24, 2.45) is 0 Å². The Hall–Kier alpha value is -0.980. The minimum Gasteiger partial charge on any atom is -0.508 e. The number of hydrogen-bond acceptors (Lipinski definition) is 1. The number of hydrogen-bond donors (Lipinski definition) is 1. The first-order valence-corrected chi connectivity index (χ1v) is 7.42. The Bertz CT molecular complexity index is 380. The van der Waals surface area contributed by atoms with Gasteiger partial charge in [-0.25, -0.2) is 0 Å². The molecule has 0 aromatic heterocycles. The predicted octanol–water partition coefficient (Wildman–Crippen LogP) is 5.08. The summed E-state index contributed by atoms with van der Waals surface area (Å²) in [6.07, 6.45) is 8.47. The summed E-state index contributed by atoms with van der Waals surface area (Å²) in [7, 11) is 0. The summed E-state index contributed by atoms with van der Waals surface area (Å²) in [5, 5.41) is 10.1. The van der Waals surface area contributed by atoms with Gasteiger partial charge in [0.05, 0.1) is 0 Å². The summed E-state index contributed by atoms with van der Waals surface area (Å²) in [6, 6.07) is 1.93. The maximum Gasteiger partial charge on any atom is 0.119 e. The maximum atomic E-state index is 10.1. The molecule has 1 rings (SSSR count). The first kappa shape index (κ1) is 15.1. The Morgan fingerprint density at radius 1 is 0.944 bits per heavy atom. The Kier molecular flexibility index (Phi) is 6.24. The average Bonchev–Trinajstić information content (AvgIpc) is 2.35. The molecule has 0 spiro atoms. The van der Waals surface area contributed by atoms with Crippen LogP contribution in [0, 0.1) is 13.8 Å². The third kappa shape index (κ3) is 3.76. The molecule has 0 atom stereocenters. The molecule has 1 N–H and O–H groups in total. The van der Waals surface area contributed by atoms with E-state index < -0.39 is 0 Å². The Morgan fingerprint density at radius 3 is 2.22 bits per heavy atom. The summed E-state index contributed by atoms with van der Waals surface area (Å²) < 4.78 is 0. The van der Waals surface area contributed by atoms with Crippen molar-refractivity contribution < 1.29 is 5.11 Å². The Labute approximate surface area is 112 Å². The average molecular weight is 248 g/mol. The molecule has 0 aliphatic carbocycles. The first-order chi connectivity index (χ1) is 8.61. The van der Waals surface area contributed by atoms with Crippen LogP contribution < -0.4 is 0 Å². The molecule has 1 aromatic rings. The van der Waals surface area contributed by atoms with Crippen LogP contribution in [0.15, 0.2) is 6.07 Å². The molecule has 1 nitrogen and oxygen atoms in total. The lowest BCUT2D eigenvalue weighted by molar-refractivity contribution is 0.464. The van der Waals surface area contributed by atoms with Gasteiger partial charge in [-0.15, -0.1) is 0 Å². The van der Waals surface area contributed by atoms with Crippen molar-refractivity contribution in [3.05, 3.63) is 28.3 Å². The second-order valence-electron chi connectivity index (χ2n) is 5.31. The molecule has 0 unspecified atom stereocenters. The van der Waals surface area contributed by atoms with Gasteiger partial charge < -0.3 is 5.11 Å².